The minimum absolute atomic E-state index is 0.925. The fourth-order valence-electron chi connectivity index (χ4n) is 0.575. The fourth-order valence-corrected chi connectivity index (χ4v) is 0.734. The van der Waals surface area contributed by atoms with Crippen LogP contribution in [-0.4, -0.2) is 36.4 Å². The van der Waals surface area contributed by atoms with Crippen molar-refractivity contribution in [3.05, 3.63) is 12.7 Å². The SMILES string of the molecule is C=CCCCNCCS.O=S(=O)(O)O. The van der Waals surface area contributed by atoms with Crippen molar-refractivity contribution >= 4 is 23.0 Å². The molecule has 86 valence electrons. The van der Waals surface area contributed by atoms with Gasteiger partial charge in [0.05, 0.1) is 0 Å². The average Bonchev–Trinajstić information content (AvgIpc) is 2.01. The van der Waals surface area contributed by atoms with Gasteiger partial charge in [0.2, 0.25) is 0 Å². The minimum atomic E-state index is -4.67. The first-order valence-corrected chi connectivity index (χ1v) is 6.07. The van der Waals surface area contributed by atoms with Crippen molar-refractivity contribution in [3.63, 3.8) is 0 Å². The molecule has 0 fully saturated rings. The highest BCUT2D eigenvalue weighted by molar-refractivity contribution is 7.80. The molecule has 14 heavy (non-hydrogen) atoms. The number of allylic oxidation sites excluding steroid dienone is 1. The average molecular weight is 243 g/mol. The molecule has 5 nitrogen and oxygen atoms in total. The van der Waals surface area contributed by atoms with Crippen molar-refractivity contribution in [1.82, 2.24) is 5.32 Å². The van der Waals surface area contributed by atoms with Crippen molar-refractivity contribution in [2.24, 2.45) is 0 Å². The normalized spacial score (nSPS) is 10.2. The van der Waals surface area contributed by atoms with E-state index in [1.165, 1.54) is 6.42 Å². The second-order valence-electron chi connectivity index (χ2n) is 2.35. The lowest BCUT2D eigenvalue weighted by atomic mass is 10.3. The van der Waals surface area contributed by atoms with Crippen molar-refractivity contribution in [3.8, 4) is 0 Å². The van der Waals surface area contributed by atoms with E-state index in [1.807, 2.05) is 6.08 Å². The van der Waals surface area contributed by atoms with Crippen LogP contribution in [0, 0.1) is 0 Å². The molecular weight excluding hydrogens is 226 g/mol. The molecule has 0 aromatic carbocycles. The van der Waals surface area contributed by atoms with Crippen LogP contribution in [-0.2, 0) is 10.4 Å². The van der Waals surface area contributed by atoms with Crippen LogP contribution in [0.15, 0.2) is 12.7 Å². The van der Waals surface area contributed by atoms with E-state index in [0.29, 0.717) is 0 Å². The molecule has 0 amide bonds. The summed E-state index contributed by atoms with van der Waals surface area (Å²) in [7, 11) is -4.67. The Labute approximate surface area is 90.6 Å². The van der Waals surface area contributed by atoms with Gasteiger partial charge >= 0.3 is 10.4 Å². The molecule has 0 spiro atoms. The molecule has 0 rings (SSSR count). The van der Waals surface area contributed by atoms with Crippen LogP contribution in [0.4, 0.5) is 0 Å². The van der Waals surface area contributed by atoms with Crippen LogP contribution in [0.2, 0.25) is 0 Å². The maximum absolute atomic E-state index is 8.74. The van der Waals surface area contributed by atoms with Gasteiger partial charge in [-0.3, -0.25) is 9.11 Å². The zero-order chi connectivity index (χ0) is 11.4. The second kappa shape index (κ2) is 11.0. The van der Waals surface area contributed by atoms with Crippen molar-refractivity contribution < 1.29 is 17.5 Å². The molecule has 7 heteroatoms. The summed E-state index contributed by atoms with van der Waals surface area (Å²) in [6.45, 7) is 5.74. The Morgan fingerprint density at radius 1 is 1.36 bits per heavy atom. The molecule has 0 heterocycles. The summed E-state index contributed by atoms with van der Waals surface area (Å²) in [6, 6.07) is 0. The van der Waals surface area contributed by atoms with E-state index in [9.17, 15) is 0 Å². The fraction of sp³-hybridized carbons (Fsp3) is 0.714. The van der Waals surface area contributed by atoms with Crippen LogP contribution in [0.1, 0.15) is 12.8 Å². The summed E-state index contributed by atoms with van der Waals surface area (Å²) in [6.07, 6.45) is 4.25. The van der Waals surface area contributed by atoms with Crippen LogP contribution < -0.4 is 5.32 Å². The van der Waals surface area contributed by atoms with E-state index in [1.54, 1.807) is 0 Å². The van der Waals surface area contributed by atoms with E-state index in [-0.39, 0.29) is 0 Å². The van der Waals surface area contributed by atoms with Gasteiger partial charge in [0.25, 0.3) is 0 Å². The zero-order valence-corrected chi connectivity index (χ0v) is 9.60. The lowest BCUT2D eigenvalue weighted by molar-refractivity contribution is 0.381. The van der Waals surface area contributed by atoms with Gasteiger partial charge in [0.1, 0.15) is 0 Å². The Balaban J connectivity index is 0. The predicted molar refractivity (Wildman–Crippen MR) is 60.3 cm³/mol. The Bertz CT molecular complexity index is 208. The molecule has 0 aliphatic rings. The van der Waals surface area contributed by atoms with Gasteiger partial charge in [-0.05, 0) is 19.4 Å². The number of hydrogen-bond donors (Lipinski definition) is 4. The maximum atomic E-state index is 8.74. The molecular formula is C7H17NO4S2. The molecule has 0 aromatic heterocycles. The molecule has 0 aromatic rings. The van der Waals surface area contributed by atoms with Gasteiger partial charge in [0, 0.05) is 12.3 Å². The molecule has 0 unspecified atom stereocenters. The lowest BCUT2D eigenvalue weighted by Gasteiger charge is -1.98. The molecule has 0 aliphatic carbocycles. The molecule has 0 radical (unpaired) electrons. The van der Waals surface area contributed by atoms with E-state index in [4.69, 9.17) is 17.5 Å². The topological polar surface area (TPSA) is 86.6 Å². The number of rotatable bonds is 6. The summed E-state index contributed by atoms with van der Waals surface area (Å²) in [5.74, 6) is 0.925. The third-order valence-corrected chi connectivity index (χ3v) is 1.27. The van der Waals surface area contributed by atoms with Gasteiger partial charge in [-0.25, -0.2) is 0 Å². The standard InChI is InChI=1S/C7H15NS.H2O4S/c1-2-3-4-5-8-6-7-9;1-5(2,3)4/h2,8-9H,1,3-7H2;(H2,1,2,3,4). The summed E-state index contributed by atoms with van der Waals surface area (Å²) in [5.41, 5.74) is 0. The summed E-state index contributed by atoms with van der Waals surface area (Å²) >= 11 is 4.06. The summed E-state index contributed by atoms with van der Waals surface area (Å²) in [4.78, 5) is 0. The molecule has 0 saturated carbocycles. The van der Waals surface area contributed by atoms with Crippen LogP contribution >= 0.6 is 12.6 Å². The highest BCUT2D eigenvalue weighted by atomic mass is 32.3. The summed E-state index contributed by atoms with van der Waals surface area (Å²) < 4.78 is 31.6. The van der Waals surface area contributed by atoms with E-state index in [0.717, 1.165) is 25.3 Å². The Hall–Kier alpha value is -0.0800. The second-order valence-corrected chi connectivity index (χ2v) is 3.70. The Morgan fingerprint density at radius 3 is 2.21 bits per heavy atom. The monoisotopic (exact) mass is 243 g/mol. The van der Waals surface area contributed by atoms with Gasteiger partial charge in [-0.1, -0.05) is 6.08 Å². The smallest absolute Gasteiger partial charge is 0.316 e. The molecule has 0 bridgehead atoms. The zero-order valence-electron chi connectivity index (χ0n) is 7.89. The first-order valence-electron chi connectivity index (χ1n) is 4.04. The first kappa shape index (κ1) is 16.4. The van der Waals surface area contributed by atoms with Crippen LogP contribution in [0.25, 0.3) is 0 Å². The van der Waals surface area contributed by atoms with Gasteiger partial charge < -0.3 is 5.32 Å². The molecule has 0 atom stereocenters. The van der Waals surface area contributed by atoms with Crippen molar-refractivity contribution in [1.29, 1.82) is 0 Å². The highest BCUT2D eigenvalue weighted by Crippen LogP contribution is 1.85. The van der Waals surface area contributed by atoms with Gasteiger partial charge in [-0.15, -0.1) is 6.58 Å². The molecule has 0 saturated heterocycles. The van der Waals surface area contributed by atoms with E-state index in [2.05, 4.69) is 24.5 Å². The third kappa shape index (κ3) is 40.6. The van der Waals surface area contributed by atoms with Crippen molar-refractivity contribution in [2.45, 2.75) is 12.8 Å². The van der Waals surface area contributed by atoms with Crippen LogP contribution in [0.3, 0.4) is 0 Å². The van der Waals surface area contributed by atoms with Gasteiger partial charge in [0.15, 0.2) is 0 Å². The minimum Gasteiger partial charge on any atom is -0.316 e. The van der Waals surface area contributed by atoms with E-state index < -0.39 is 10.4 Å². The first-order chi connectivity index (χ1) is 6.41. The molecule has 3 N–H and O–H groups in total. The Morgan fingerprint density at radius 2 is 1.86 bits per heavy atom. The Kier molecular flexibility index (Phi) is 12.8. The van der Waals surface area contributed by atoms with Crippen molar-refractivity contribution in [2.75, 3.05) is 18.8 Å². The number of nitrogens with one attached hydrogen (secondary N) is 1. The van der Waals surface area contributed by atoms with Crippen LogP contribution in [0.5, 0.6) is 0 Å². The van der Waals surface area contributed by atoms with Gasteiger partial charge in [-0.2, -0.15) is 21.0 Å². The number of thiol groups is 1. The maximum Gasteiger partial charge on any atom is 0.394 e. The number of unbranched alkanes of at least 4 members (excludes halogenated alkanes) is 1. The van der Waals surface area contributed by atoms with E-state index >= 15 is 0 Å². The summed E-state index contributed by atoms with van der Waals surface area (Å²) in [5, 5.41) is 3.25. The lowest BCUT2D eigenvalue weighted by Crippen LogP contribution is -2.17. The molecule has 0 aliphatic heterocycles. The largest absolute Gasteiger partial charge is 0.394 e. The quantitative estimate of drug-likeness (QED) is 0.240. The highest BCUT2D eigenvalue weighted by Gasteiger charge is 1.84. The predicted octanol–water partition coefficient (Wildman–Crippen LogP) is 0.819. The number of hydrogen-bond acceptors (Lipinski definition) is 4. The third-order valence-electron chi connectivity index (χ3n) is 1.05.